The molecule has 4 nitrogen and oxygen atoms in total. The van der Waals surface area contributed by atoms with Crippen molar-refractivity contribution in [3.63, 3.8) is 0 Å². The van der Waals surface area contributed by atoms with Crippen LogP contribution in [0.5, 0.6) is 0 Å². The van der Waals surface area contributed by atoms with Gasteiger partial charge in [-0.3, -0.25) is 0 Å². The van der Waals surface area contributed by atoms with E-state index >= 15 is 0 Å². The van der Waals surface area contributed by atoms with Gasteiger partial charge in [0.15, 0.2) is 0 Å². The first-order chi connectivity index (χ1) is 7.97. The third-order valence-corrected chi connectivity index (χ3v) is 4.70. The van der Waals surface area contributed by atoms with Crippen molar-refractivity contribution in [2.45, 2.75) is 11.3 Å². The van der Waals surface area contributed by atoms with Crippen LogP contribution in [0, 0.1) is 0 Å². The van der Waals surface area contributed by atoms with Gasteiger partial charge in [-0.05, 0) is 36.6 Å². The van der Waals surface area contributed by atoms with Gasteiger partial charge in [-0.2, -0.15) is 11.8 Å². The fourth-order valence-electron chi connectivity index (χ4n) is 1.23. The highest BCUT2D eigenvalue weighted by Crippen LogP contribution is 2.23. The molecular formula is C10H15ClN2O2S2. The molecule has 0 saturated carbocycles. The van der Waals surface area contributed by atoms with Crippen LogP contribution in [-0.4, -0.2) is 27.0 Å². The minimum Gasteiger partial charge on any atom is -0.399 e. The lowest BCUT2D eigenvalue weighted by molar-refractivity contribution is 0.581. The zero-order chi connectivity index (χ0) is 12.9. The Morgan fingerprint density at radius 2 is 2.18 bits per heavy atom. The van der Waals surface area contributed by atoms with Gasteiger partial charge in [-0.1, -0.05) is 11.6 Å². The van der Waals surface area contributed by atoms with Crippen molar-refractivity contribution in [1.29, 1.82) is 0 Å². The van der Waals surface area contributed by atoms with Gasteiger partial charge in [0.25, 0.3) is 0 Å². The molecule has 0 bridgehead atoms. The fourth-order valence-corrected chi connectivity index (χ4v) is 3.27. The van der Waals surface area contributed by atoms with E-state index in [0.29, 0.717) is 12.2 Å². The summed E-state index contributed by atoms with van der Waals surface area (Å²) < 4.78 is 26.3. The largest absolute Gasteiger partial charge is 0.399 e. The molecule has 0 spiro atoms. The average Bonchev–Trinajstić information content (AvgIpc) is 2.28. The molecule has 1 rings (SSSR count). The second kappa shape index (κ2) is 6.49. The lowest BCUT2D eigenvalue weighted by atomic mass is 10.3. The molecule has 0 unspecified atom stereocenters. The Labute approximate surface area is 111 Å². The molecule has 0 radical (unpaired) electrons. The van der Waals surface area contributed by atoms with Crippen LogP contribution < -0.4 is 10.5 Å². The number of nitrogen functional groups attached to an aromatic ring is 1. The lowest BCUT2D eigenvalue weighted by Crippen LogP contribution is -2.25. The zero-order valence-electron chi connectivity index (χ0n) is 9.44. The number of sulfonamides is 1. The number of thioether (sulfide) groups is 1. The molecule has 0 saturated heterocycles. The van der Waals surface area contributed by atoms with E-state index < -0.39 is 10.0 Å². The van der Waals surface area contributed by atoms with Crippen molar-refractivity contribution >= 4 is 39.1 Å². The van der Waals surface area contributed by atoms with Crippen LogP contribution in [0.15, 0.2) is 23.1 Å². The molecule has 0 atom stereocenters. The Balaban J connectivity index is 2.79. The number of rotatable bonds is 6. The molecule has 3 N–H and O–H groups in total. The Morgan fingerprint density at radius 1 is 1.47 bits per heavy atom. The maximum atomic E-state index is 11.9. The summed E-state index contributed by atoms with van der Waals surface area (Å²) in [7, 11) is -3.57. The van der Waals surface area contributed by atoms with Crippen molar-refractivity contribution in [1.82, 2.24) is 4.72 Å². The molecule has 0 aliphatic carbocycles. The summed E-state index contributed by atoms with van der Waals surface area (Å²) in [5.41, 5.74) is 5.92. The maximum Gasteiger partial charge on any atom is 0.242 e. The van der Waals surface area contributed by atoms with Crippen LogP contribution in [0.1, 0.15) is 6.42 Å². The van der Waals surface area contributed by atoms with Gasteiger partial charge in [-0.15, -0.1) is 0 Å². The number of hydrogen-bond donors (Lipinski definition) is 2. The molecule has 1 aromatic carbocycles. The van der Waals surface area contributed by atoms with E-state index in [4.69, 9.17) is 17.3 Å². The second-order valence-electron chi connectivity index (χ2n) is 3.43. The van der Waals surface area contributed by atoms with Crippen LogP contribution in [0.25, 0.3) is 0 Å². The zero-order valence-corrected chi connectivity index (χ0v) is 11.8. The van der Waals surface area contributed by atoms with Crippen LogP contribution in [0.2, 0.25) is 5.02 Å². The highest BCUT2D eigenvalue weighted by molar-refractivity contribution is 7.98. The topological polar surface area (TPSA) is 72.2 Å². The fraction of sp³-hybridized carbons (Fsp3) is 0.400. The summed E-state index contributed by atoms with van der Waals surface area (Å²) >= 11 is 7.51. The number of hydrogen-bond acceptors (Lipinski definition) is 4. The SMILES string of the molecule is CSCCCNS(=O)(=O)c1cc(N)ccc1Cl. The summed E-state index contributed by atoms with van der Waals surface area (Å²) in [5, 5.41) is 0.177. The summed E-state index contributed by atoms with van der Waals surface area (Å²) in [6.45, 7) is 0.397. The van der Waals surface area contributed by atoms with E-state index in [1.54, 1.807) is 17.8 Å². The Kier molecular flexibility index (Phi) is 5.58. The van der Waals surface area contributed by atoms with E-state index in [-0.39, 0.29) is 9.92 Å². The smallest absolute Gasteiger partial charge is 0.242 e. The Morgan fingerprint density at radius 3 is 2.82 bits per heavy atom. The van der Waals surface area contributed by atoms with Gasteiger partial charge in [0.2, 0.25) is 10.0 Å². The average molecular weight is 295 g/mol. The Hall–Kier alpha value is -0.430. The van der Waals surface area contributed by atoms with Crippen LogP contribution >= 0.6 is 23.4 Å². The van der Waals surface area contributed by atoms with Gasteiger partial charge >= 0.3 is 0 Å². The number of benzene rings is 1. The third-order valence-electron chi connectivity index (χ3n) is 2.06. The predicted octanol–water partition coefficient (Wildman–Crippen LogP) is 1.95. The summed E-state index contributed by atoms with van der Waals surface area (Å²) in [5.74, 6) is 0.910. The molecule has 0 aliphatic rings. The summed E-state index contributed by atoms with van der Waals surface area (Å²) in [6.07, 6.45) is 2.75. The van der Waals surface area contributed by atoms with Crippen LogP contribution in [-0.2, 0) is 10.0 Å². The molecular weight excluding hydrogens is 280 g/mol. The first kappa shape index (κ1) is 14.6. The number of halogens is 1. The van der Waals surface area contributed by atoms with Crippen LogP contribution in [0.4, 0.5) is 5.69 Å². The number of anilines is 1. The highest BCUT2D eigenvalue weighted by atomic mass is 35.5. The van der Waals surface area contributed by atoms with Gasteiger partial charge in [0, 0.05) is 12.2 Å². The molecule has 0 aliphatic heterocycles. The van der Waals surface area contributed by atoms with Gasteiger partial charge in [-0.25, -0.2) is 13.1 Å². The van der Waals surface area contributed by atoms with Crippen molar-refractivity contribution in [3.05, 3.63) is 23.2 Å². The third kappa shape index (κ3) is 4.39. The van der Waals surface area contributed by atoms with Gasteiger partial charge < -0.3 is 5.73 Å². The monoisotopic (exact) mass is 294 g/mol. The second-order valence-corrected chi connectivity index (χ2v) is 6.56. The quantitative estimate of drug-likeness (QED) is 0.621. The van der Waals surface area contributed by atoms with Crippen molar-refractivity contribution in [2.75, 3.05) is 24.3 Å². The first-order valence-corrected chi connectivity index (χ1v) is 8.26. The molecule has 0 fully saturated rings. The Bertz CT molecular complexity index is 477. The summed E-state index contributed by atoms with van der Waals surface area (Å²) in [6, 6.07) is 4.40. The van der Waals surface area contributed by atoms with E-state index in [2.05, 4.69) is 4.72 Å². The molecule has 0 amide bonds. The normalized spacial score (nSPS) is 11.6. The number of nitrogens with one attached hydrogen (secondary N) is 1. The van der Waals surface area contributed by atoms with E-state index in [9.17, 15) is 8.42 Å². The van der Waals surface area contributed by atoms with Gasteiger partial charge in [0.05, 0.1) is 5.02 Å². The minimum absolute atomic E-state index is 0.0309. The van der Waals surface area contributed by atoms with E-state index in [1.807, 2.05) is 6.26 Å². The molecule has 7 heteroatoms. The van der Waals surface area contributed by atoms with E-state index in [0.717, 1.165) is 12.2 Å². The molecule has 1 aromatic rings. The standard InChI is InChI=1S/C10H15ClN2O2S2/c1-16-6-2-5-13-17(14,15)10-7-8(12)3-4-9(10)11/h3-4,7,13H,2,5-6,12H2,1H3. The molecule has 0 heterocycles. The number of nitrogens with two attached hydrogens (primary N) is 1. The predicted molar refractivity (Wildman–Crippen MR) is 74.1 cm³/mol. The minimum atomic E-state index is -3.57. The summed E-state index contributed by atoms with van der Waals surface area (Å²) in [4.78, 5) is 0.0309. The van der Waals surface area contributed by atoms with Crippen molar-refractivity contribution in [2.24, 2.45) is 0 Å². The van der Waals surface area contributed by atoms with Gasteiger partial charge in [0.1, 0.15) is 4.90 Å². The first-order valence-electron chi connectivity index (χ1n) is 5.01. The lowest BCUT2D eigenvalue weighted by Gasteiger charge is -2.08. The van der Waals surface area contributed by atoms with E-state index in [1.165, 1.54) is 12.1 Å². The molecule has 96 valence electrons. The van der Waals surface area contributed by atoms with Crippen molar-refractivity contribution in [3.8, 4) is 0 Å². The highest BCUT2D eigenvalue weighted by Gasteiger charge is 2.17. The van der Waals surface area contributed by atoms with Crippen molar-refractivity contribution < 1.29 is 8.42 Å². The van der Waals surface area contributed by atoms with Crippen LogP contribution in [0.3, 0.4) is 0 Å². The molecule has 0 aromatic heterocycles. The molecule has 17 heavy (non-hydrogen) atoms. The maximum absolute atomic E-state index is 11.9.